The Morgan fingerprint density at radius 2 is 1.70 bits per heavy atom. The standard InChI is InChI=1S/C18H21N3O5S/c1-12-4-9-17(13(2)10-12)26-11-18(23)20-21-27(24,25)16-7-5-15(6-8-16)19-14(3)22/h4-10,21H,11H2,1-3H3,(H,19,22)(H,20,23). The fraction of sp³-hybridized carbons (Fsp3) is 0.222. The summed E-state index contributed by atoms with van der Waals surface area (Å²) in [5.41, 5.74) is 4.51. The molecule has 0 aliphatic rings. The van der Waals surface area contributed by atoms with E-state index in [9.17, 15) is 18.0 Å². The SMILES string of the molecule is CC(=O)Nc1ccc(S(=O)(=O)NNC(=O)COc2ccc(C)cc2C)cc1. The quantitative estimate of drug-likeness (QED) is 0.621. The molecule has 3 N–H and O–H groups in total. The number of rotatable bonds is 7. The van der Waals surface area contributed by atoms with Crippen LogP contribution in [0.2, 0.25) is 0 Å². The summed E-state index contributed by atoms with van der Waals surface area (Å²) in [4.78, 5) is 24.7. The number of benzene rings is 2. The van der Waals surface area contributed by atoms with E-state index >= 15 is 0 Å². The third kappa shape index (κ3) is 6.08. The minimum absolute atomic E-state index is 0.0628. The van der Waals surface area contributed by atoms with Crippen molar-refractivity contribution in [2.24, 2.45) is 0 Å². The van der Waals surface area contributed by atoms with Gasteiger partial charge in [0.05, 0.1) is 4.90 Å². The van der Waals surface area contributed by atoms with E-state index in [4.69, 9.17) is 4.74 Å². The maximum Gasteiger partial charge on any atom is 0.272 e. The van der Waals surface area contributed by atoms with Gasteiger partial charge in [-0.1, -0.05) is 17.7 Å². The molecule has 2 aromatic carbocycles. The number of hydrazine groups is 1. The van der Waals surface area contributed by atoms with Crippen molar-refractivity contribution in [3.63, 3.8) is 0 Å². The molecule has 8 nitrogen and oxygen atoms in total. The summed E-state index contributed by atoms with van der Waals surface area (Å²) in [7, 11) is -3.95. The Hall–Kier alpha value is -2.91. The molecule has 0 aliphatic heterocycles. The Labute approximate surface area is 157 Å². The summed E-state index contributed by atoms with van der Waals surface area (Å²) >= 11 is 0. The van der Waals surface area contributed by atoms with Crippen molar-refractivity contribution in [3.8, 4) is 5.75 Å². The highest BCUT2D eigenvalue weighted by Crippen LogP contribution is 2.18. The van der Waals surface area contributed by atoms with Crippen LogP contribution in [0.3, 0.4) is 0 Å². The predicted molar refractivity (Wildman–Crippen MR) is 101 cm³/mol. The molecule has 0 saturated carbocycles. The first-order chi connectivity index (χ1) is 12.7. The second-order valence-electron chi connectivity index (χ2n) is 5.92. The van der Waals surface area contributed by atoms with E-state index in [-0.39, 0.29) is 17.4 Å². The summed E-state index contributed by atoms with van der Waals surface area (Å²) in [5, 5.41) is 2.53. The van der Waals surface area contributed by atoms with Crippen LogP contribution in [0.5, 0.6) is 5.75 Å². The molecule has 0 radical (unpaired) electrons. The van der Waals surface area contributed by atoms with Crippen LogP contribution in [0.1, 0.15) is 18.1 Å². The topological polar surface area (TPSA) is 114 Å². The van der Waals surface area contributed by atoms with Gasteiger partial charge in [0.1, 0.15) is 5.75 Å². The Morgan fingerprint density at radius 3 is 2.30 bits per heavy atom. The van der Waals surface area contributed by atoms with Crippen LogP contribution >= 0.6 is 0 Å². The molecule has 0 unspecified atom stereocenters. The molecule has 2 amide bonds. The lowest BCUT2D eigenvalue weighted by Gasteiger charge is -2.11. The number of nitrogens with one attached hydrogen (secondary N) is 3. The smallest absolute Gasteiger partial charge is 0.272 e. The van der Waals surface area contributed by atoms with Gasteiger partial charge in [-0.15, -0.1) is 4.83 Å². The van der Waals surface area contributed by atoms with E-state index in [1.54, 1.807) is 6.07 Å². The van der Waals surface area contributed by atoms with Gasteiger partial charge in [-0.25, -0.2) is 8.42 Å². The van der Waals surface area contributed by atoms with E-state index in [1.165, 1.54) is 31.2 Å². The molecule has 9 heteroatoms. The highest BCUT2D eigenvalue weighted by molar-refractivity contribution is 7.89. The average molecular weight is 391 g/mol. The zero-order chi connectivity index (χ0) is 20.0. The Bertz CT molecular complexity index is 940. The highest BCUT2D eigenvalue weighted by atomic mass is 32.2. The first-order valence-corrected chi connectivity index (χ1v) is 9.54. The minimum Gasteiger partial charge on any atom is -0.483 e. The summed E-state index contributed by atoms with van der Waals surface area (Å²) in [6, 6.07) is 11.0. The van der Waals surface area contributed by atoms with Gasteiger partial charge in [-0.05, 0) is 49.7 Å². The maximum atomic E-state index is 12.2. The van der Waals surface area contributed by atoms with Gasteiger partial charge in [-0.3, -0.25) is 15.0 Å². The Balaban J connectivity index is 1.90. The van der Waals surface area contributed by atoms with E-state index in [0.29, 0.717) is 11.4 Å². The zero-order valence-corrected chi connectivity index (χ0v) is 16.0. The molecule has 0 saturated heterocycles. The molecule has 144 valence electrons. The average Bonchev–Trinajstić information content (AvgIpc) is 2.59. The molecule has 0 bridgehead atoms. The van der Waals surface area contributed by atoms with Gasteiger partial charge in [0.15, 0.2) is 6.61 Å². The van der Waals surface area contributed by atoms with Crippen LogP contribution in [-0.4, -0.2) is 26.8 Å². The lowest BCUT2D eigenvalue weighted by molar-refractivity contribution is -0.123. The largest absolute Gasteiger partial charge is 0.483 e. The van der Waals surface area contributed by atoms with Crippen LogP contribution in [-0.2, 0) is 19.6 Å². The van der Waals surface area contributed by atoms with Gasteiger partial charge < -0.3 is 10.1 Å². The lowest BCUT2D eigenvalue weighted by Crippen LogP contribution is -2.43. The van der Waals surface area contributed by atoms with Crippen molar-refractivity contribution in [2.45, 2.75) is 25.7 Å². The summed E-state index contributed by atoms with van der Waals surface area (Å²) in [6.45, 7) is 4.81. The summed E-state index contributed by atoms with van der Waals surface area (Å²) in [5.74, 6) is -0.361. The molecule has 0 heterocycles. The van der Waals surface area contributed by atoms with Gasteiger partial charge >= 0.3 is 0 Å². The second kappa shape index (κ2) is 8.65. The minimum atomic E-state index is -3.95. The number of sulfonamides is 1. The molecule has 0 fully saturated rings. The number of carbonyl (C=O) groups excluding carboxylic acids is 2. The Kier molecular flexibility index (Phi) is 6.54. The first-order valence-electron chi connectivity index (χ1n) is 8.06. The predicted octanol–water partition coefficient (Wildman–Crippen LogP) is 1.65. The van der Waals surface area contributed by atoms with Gasteiger partial charge in [-0.2, -0.15) is 0 Å². The van der Waals surface area contributed by atoms with Crippen molar-refractivity contribution in [2.75, 3.05) is 11.9 Å². The molecule has 0 spiro atoms. The van der Waals surface area contributed by atoms with Crippen LogP contribution in [0.4, 0.5) is 5.69 Å². The zero-order valence-electron chi connectivity index (χ0n) is 15.2. The maximum absolute atomic E-state index is 12.2. The molecule has 0 aromatic heterocycles. The second-order valence-corrected chi connectivity index (χ2v) is 7.60. The van der Waals surface area contributed by atoms with Gasteiger partial charge in [0, 0.05) is 12.6 Å². The number of amides is 2. The molecule has 0 aliphatic carbocycles. The lowest BCUT2D eigenvalue weighted by atomic mass is 10.1. The molecular formula is C18H21N3O5S. The van der Waals surface area contributed by atoms with Crippen molar-refractivity contribution in [3.05, 3.63) is 53.6 Å². The normalized spacial score (nSPS) is 10.9. The van der Waals surface area contributed by atoms with E-state index in [0.717, 1.165) is 11.1 Å². The van der Waals surface area contributed by atoms with Crippen molar-refractivity contribution in [1.29, 1.82) is 0 Å². The third-order valence-electron chi connectivity index (χ3n) is 3.50. The number of hydrogen-bond acceptors (Lipinski definition) is 5. The van der Waals surface area contributed by atoms with E-state index < -0.39 is 15.9 Å². The van der Waals surface area contributed by atoms with Crippen LogP contribution in [0, 0.1) is 13.8 Å². The van der Waals surface area contributed by atoms with Crippen LogP contribution < -0.4 is 20.3 Å². The summed E-state index contributed by atoms with van der Waals surface area (Å²) in [6.07, 6.45) is 0. The number of ether oxygens (including phenoxy) is 1. The fourth-order valence-electron chi connectivity index (χ4n) is 2.24. The number of anilines is 1. The summed E-state index contributed by atoms with van der Waals surface area (Å²) < 4.78 is 29.8. The van der Waals surface area contributed by atoms with Crippen molar-refractivity contribution in [1.82, 2.24) is 10.3 Å². The number of hydrogen-bond donors (Lipinski definition) is 3. The van der Waals surface area contributed by atoms with Crippen LogP contribution in [0.15, 0.2) is 47.4 Å². The fourth-order valence-corrected chi connectivity index (χ4v) is 3.10. The third-order valence-corrected chi connectivity index (χ3v) is 4.76. The van der Waals surface area contributed by atoms with E-state index in [2.05, 4.69) is 10.7 Å². The molecule has 2 aromatic rings. The number of carbonyl (C=O) groups is 2. The van der Waals surface area contributed by atoms with Gasteiger partial charge in [0.25, 0.3) is 15.9 Å². The first kappa shape index (κ1) is 20.4. The molecule has 27 heavy (non-hydrogen) atoms. The van der Waals surface area contributed by atoms with Crippen molar-refractivity contribution < 1.29 is 22.7 Å². The Morgan fingerprint density at radius 1 is 1.04 bits per heavy atom. The monoisotopic (exact) mass is 391 g/mol. The highest BCUT2D eigenvalue weighted by Gasteiger charge is 2.15. The van der Waals surface area contributed by atoms with Gasteiger partial charge in [0.2, 0.25) is 5.91 Å². The molecule has 0 atom stereocenters. The van der Waals surface area contributed by atoms with E-state index in [1.807, 2.05) is 30.8 Å². The molecular weight excluding hydrogens is 370 g/mol. The number of aryl methyl sites for hydroxylation is 2. The van der Waals surface area contributed by atoms with Crippen molar-refractivity contribution >= 4 is 27.5 Å². The molecule has 2 rings (SSSR count). The van der Waals surface area contributed by atoms with Crippen LogP contribution in [0.25, 0.3) is 0 Å².